The van der Waals surface area contributed by atoms with Gasteiger partial charge >= 0.3 is 5.97 Å². The lowest BCUT2D eigenvalue weighted by Crippen LogP contribution is -2.37. The van der Waals surface area contributed by atoms with E-state index in [4.69, 9.17) is 9.47 Å². The molecule has 1 atom stereocenters. The molecule has 29 heavy (non-hydrogen) atoms. The molecule has 0 saturated carbocycles. The van der Waals surface area contributed by atoms with E-state index in [0.29, 0.717) is 29.9 Å². The number of amides is 1. The molecule has 1 fully saturated rings. The second kappa shape index (κ2) is 9.45. The van der Waals surface area contributed by atoms with Crippen molar-refractivity contribution < 1.29 is 24.2 Å². The number of aromatic carboxylic acids is 1. The molecular weight excluding hydrogens is 370 g/mol. The highest BCUT2D eigenvalue weighted by Crippen LogP contribution is 2.30. The van der Waals surface area contributed by atoms with Gasteiger partial charge in [-0.1, -0.05) is 24.3 Å². The summed E-state index contributed by atoms with van der Waals surface area (Å²) in [6, 6.07) is 12.9. The van der Waals surface area contributed by atoms with E-state index in [1.54, 1.807) is 32.4 Å². The van der Waals surface area contributed by atoms with E-state index in [1.165, 1.54) is 0 Å². The fraction of sp³-hybridized carbons (Fsp3) is 0.391. The number of carbonyl (C=O) groups is 2. The standard InChI is InChI=1S/C23H27NO5/c1-28-20-11-9-16(15-21(20)29-2)14-18-7-5-13-24(18)22(25)12-10-17-6-3-4-8-19(17)23(26)27/h3-4,6,8-9,11,15,18H,5,7,10,12-14H2,1-2H3,(H,26,27)/t18-/m1/s1. The summed E-state index contributed by atoms with van der Waals surface area (Å²) in [6.45, 7) is 0.747. The van der Waals surface area contributed by atoms with Gasteiger partial charge in [0.2, 0.25) is 5.91 Å². The maximum absolute atomic E-state index is 12.9. The molecule has 0 unspecified atom stereocenters. The van der Waals surface area contributed by atoms with Gasteiger partial charge in [-0.05, 0) is 55.0 Å². The maximum Gasteiger partial charge on any atom is 0.335 e. The van der Waals surface area contributed by atoms with Crippen molar-refractivity contribution >= 4 is 11.9 Å². The monoisotopic (exact) mass is 397 g/mol. The van der Waals surface area contributed by atoms with Crippen LogP contribution >= 0.6 is 0 Å². The van der Waals surface area contributed by atoms with Crippen molar-refractivity contribution in [2.45, 2.75) is 38.1 Å². The Kier molecular flexibility index (Phi) is 6.75. The number of likely N-dealkylation sites (tertiary alicyclic amines) is 1. The van der Waals surface area contributed by atoms with Crippen LogP contribution in [0.2, 0.25) is 0 Å². The van der Waals surface area contributed by atoms with E-state index in [0.717, 1.165) is 31.4 Å². The predicted molar refractivity (Wildman–Crippen MR) is 110 cm³/mol. The molecule has 6 heteroatoms. The minimum absolute atomic E-state index is 0.0770. The van der Waals surface area contributed by atoms with Crippen LogP contribution in [0.25, 0.3) is 0 Å². The second-order valence-corrected chi connectivity index (χ2v) is 7.24. The Morgan fingerprint density at radius 2 is 1.86 bits per heavy atom. The molecule has 3 rings (SSSR count). The molecule has 1 saturated heterocycles. The smallest absolute Gasteiger partial charge is 0.335 e. The van der Waals surface area contributed by atoms with Crippen LogP contribution in [-0.2, 0) is 17.6 Å². The van der Waals surface area contributed by atoms with E-state index >= 15 is 0 Å². The van der Waals surface area contributed by atoms with Crippen molar-refractivity contribution in [2.24, 2.45) is 0 Å². The number of aryl methyl sites for hydroxylation is 1. The normalized spacial score (nSPS) is 15.9. The van der Waals surface area contributed by atoms with Gasteiger partial charge in [0, 0.05) is 19.0 Å². The lowest BCUT2D eigenvalue weighted by atomic mass is 10.0. The van der Waals surface area contributed by atoms with E-state index in [2.05, 4.69) is 0 Å². The summed E-state index contributed by atoms with van der Waals surface area (Å²) in [7, 11) is 3.22. The van der Waals surface area contributed by atoms with E-state index < -0.39 is 5.97 Å². The third kappa shape index (κ3) is 4.88. The van der Waals surface area contributed by atoms with E-state index in [1.807, 2.05) is 29.2 Å². The molecule has 0 spiro atoms. The van der Waals surface area contributed by atoms with Gasteiger partial charge in [-0.3, -0.25) is 4.79 Å². The van der Waals surface area contributed by atoms with Gasteiger partial charge in [-0.25, -0.2) is 4.79 Å². The number of rotatable bonds is 8. The Labute approximate surface area is 171 Å². The first kappa shape index (κ1) is 20.7. The van der Waals surface area contributed by atoms with Crippen molar-refractivity contribution in [1.82, 2.24) is 4.90 Å². The van der Waals surface area contributed by atoms with Crippen LogP contribution in [0, 0.1) is 0 Å². The van der Waals surface area contributed by atoms with E-state index in [9.17, 15) is 14.7 Å². The van der Waals surface area contributed by atoms with Gasteiger partial charge in [0.1, 0.15) is 0 Å². The Morgan fingerprint density at radius 1 is 1.10 bits per heavy atom. The number of ether oxygens (including phenoxy) is 2. The zero-order valence-corrected chi connectivity index (χ0v) is 16.9. The lowest BCUT2D eigenvalue weighted by molar-refractivity contribution is -0.131. The molecule has 1 aliphatic heterocycles. The van der Waals surface area contributed by atoms with Gasteiger partial charge in [-0.15, -0.1) is 0 Å². The van der Waals surface area contributed by atoms with E-state index in [-0.39, 0.29) is 17.5 Å². The first-order chi connectivity index (χ1) is 14.0. The molecule has 0 aliphatic carbocycles. The summed E-state index contributed by atoms with van der Waals surface area (Å²) >= 11 is 0. The van der Waals surface area contributed by atoms with Crippen molar-refractivity contribution in [1.29, 1.82) is 0 Å². The molecule has 1 heterocycles. The average molecular weight is 397 g/mol. The number of methoxy groups -OCH3 is 2. The van der Waals surface area contributed by atoms with Crippen LogP contribution < -0.4 is 9.47 Å². The number of benzene rings is 2. The Balaban J connectivity index is 1.65. The van der Waals surface area contributed by atoms with Crippen molar-refractivity contribution in [3.05, 3.63) is 59.2 Å². The lowest BCUT2D eigenvalue weighted by Gasteiger charge is -2.25. The topological polar surface area (TPSA) is 76.1 Å². The first-order valence-corrected chi connectivity index (χ1v) is 9.85. The highest BCUT2D eigenvalue weighted by atomic mass is 16.5. The van der Waals surface area contributed by atoms with Gasteiger partial charge in [0.15, 0.2) is 11.5 Å². The fourth-order valence-corrected chi connectivity index (χ4v) is 3.99. The number of carboxylic acid groups (broad SMARTS) is 1. The van der Waals surface area contributed by atoms with Gasteiger partial charge < -0.3 is 19.5 Å². The Bertz CT molecular complexity index is 879. The number of carbonyl (C=O) groups excluding carboxylic acids is 1. The van der Waals surface area contributed by atoms with Crippen molar-refractivity contribution in [3.8, 4) is 11.5 Å². The summed E-state index contributed by atoms with van der Waals surface area (Å²) in [5, 5.41) is 9.31. The molecule has 0 bridgehead atoms. The molecule has 2 aromatic rings. The zero-order valence-electron chi connectivity index (χ0n) is 16.9. The Morgan fingerprint density at radius 3 is 2.59 bits per heavy atom. The predicted octanol–water partition coefficient (Wildman–Crippen LogP) is 3.57. The van der Waals surface area contributed by atoms with Gasteiger partial charge in [0.25, 0.3) is 0 Å². The largest absolute Gasteiger partial charge is 0.493 e. The van der Waals surface area contributed by atoms with Crippen LogP contribution in [0.5, 0.6) is 11.5 Å². The van der Waals surface area contributed by atoms with Crippen molar-refractivity contribution in [3.63, 3.8) is 0 Å². The molecule has 0 radical (unpaired) electrons. The summed E-state index contributed by atoms with van der Waals surface area (Å²) in [5.41, 5.74) is 2.07. The molecule has 154 valence electrons. The second-order valence-electron chi connectivity index (χ2n) is 7.24. The van der Waals surface area contributed by atoms with Crippen LogP contribution in [-0.4, -0.2) is 48.7 Å². The first-order valence-electron chi connectivity index (χ1n) is 9.85. The maximum atomic E-state index is 12.9. The molecule has 2 aromatic carbocycles. The van der Waals surface area contributed by atoms with Crippen LogP contribution in [0.15, 0.2) is 42.5 Å². The molecule has 1 amide bonds. The Hall–Kier alpha value is -3.02. The summed E-state index contributed by atoms with van der Waals surface area (Å²) in [6.07, 6.45) is 3.45. The fourth-order valence-electron chi connectivity index (χ4n) is 3.99. The van der Waals surface area contributed by atoms with Crippen LogP contribution in [0.1, 0.15) is 40.7 Å². The average Bonchev–Trinajstić information content (AvgIpc) is 3.20. The SMILES string of the molecule is COc1ccc(C[C@H]2CCCN2C(=O)CCc2ccccc2C(=O)O)cc1OC. The minimum Gasteiger partial charge on any atom is -0.493 e. The molecule has 6 nitrogen and oxygen atoms in total. The van der Waals surface area contributed by atoms with Crippen LogP contribution in [0.4, 0.5) is 0 Å². The minimum atomic E-state index is -0.958. The summed E-state index contributed by atoms with van der Waals surface area (Å²) in [5.74, 6) is 0.493. The third-order valence-electron chi connectivity index (χ3n) is 5.47. The van der Waals surface area contributed by atoms with Crippen molar-refractivity contribution in [2.75, 3.05) is 20.8 Å². The van der Waals surface area contributed by atoms with Gasteiger partial charge in [-0.2, -0.15) is 0 Å². The summed E-state index contributed by atoms with van der Waals surface area (Å²) < 4.78 is 10.7. The molecule has 0 aromatic heterocycles. The highest BCUT2D eigenvalue weighted by Gasteiger charge is 2.29. The number of nitrogens with zero attached hydrogens (tertiary/aromatic N) is 1. The quantitative estimate of drug-likeness (QED) is 0.737. The number of hydrogen-bond donors (Lipinski definition) is 1. The third-order valence-corrected chi connectivity index (χ3v) is 5.47. The zero-order chi connectivity index (χ0) is 20.8. The van der Waals surface area contributed by atoms with Crippen LogP contribution in [0.3, 0.4) is 0 Å². The number of carboxylic acids is 1. The molecule has 1 aliphatic rings. The summed E-state index contributed by atoms with van der Waals surface area (Å²) in [4.78, 5) is 26.2. The number of hydrogen-bond acceptors (Lipinski definition) is 4. The molecular formula is C23H27NO5. The van der Waals surface area contributed by atoms with Gasteiger partial charge in [0.05, 0.1) is 19.8 Å². The molecule has 1 N–H and O–H groups in total. The highest BCUT2D eigenvalue weighted by molar-refractivity contribution is 5.89.